The van der Waals surface area contributed by atoms with E-state index in [4.69, 9.17) is 0 Å². The van der Waals surface area contributed by atoms with E-state index in [1.165, 1.54) is 12.8 Å². The molecule has 1 amide bonds. The molecule has 3 heteroatoms. The number of hydrogen-bond donors (Lipinski definition) is 1. The third-order valence-corrected chi connectivity index (χ3v) is 2.85. The summed E-state index contributed by atoms with van der Waals surface area (Å²) in [5, 5.41) is 2.96. The Bertz CT molecular complexity index is 350. The summed E-state index contributed by atoms with van der Waals surface area (Å²) in [5.41, 5.74) is 1.87. The zero-order valence-electron chi connectivity index (χ0n) is 8.71. The van der Waals surface area contributed by atoms with Gasteiger partial charge in [0.25, 0.3) is 5.91 Å². The zero-order valence-corrected chi connectivity index (χ0v) is 8.71. The Kier molecular flexibility index (Phi) is 2.32. The highest BCUT2D eigenvalue weighted by Gasteiger charge is 2.22. The molecule has 1 heterocycles. The number of nitrogens with zero attached hydrogens (tertiary/aromatic N) is 1. The van der Waals surface area contributed by atoms with Crippen LogP contribution >= 0.6 is 0 Å². The van der Waals surface area contributed by atoms with Crippen LogP contribution in [0.4, 0.5) is 0 Å². The summed E-state index contributed by atoms with van der Waals surface area (Å²) in [6, 6.07) is 3.84. The lowest BCUT2D eigenvalue weighted by molar-refractivity contribution is 0.0943. The number of rotatable bonds is 3. The number of aryl methyl sites for hydroxylation is 1. The van der Waals surface area contributed by atoms with Gasteiger partial charge in [0.2, 0.25) is 0 Å². The van der Waals surface area contributed by atoms with E-state index in [1.54, 1.807) is 0 Å². The zero-order chi connectivity index (χ0) is 10.1. The van der Waals surface area contributed by atoms with Crippen molar-refractivity contribution >= 4 is 5.91 Å². The van der Waals surface area contributed by atoms with Crippen molar-refractivity contribution in [2.75, 3.05) is 6.54 Å². The molecule has 1 fully saturated rings. The summed E-state index contributed by atoms with van der Waals surface area (Å²) in [5.74, 6) is 0.785. The molecule has 1 saturated carbocycles. The summed E-state index contributed by atoms with van der Waals surface area (Å²) in [7, 11) is 1.92. The summed E-state index contributed by atoms with van der Waals surface area (Å²) >= 11 is 0. The fraction of sp³-hybridized carbons (Fsp3) is 0.545. The minimum absolute atomic E-state index is 0.0486. The largest absolute Gasteiger partial charge is 0.350 e. The van der Waals surface area contributed by atoms with Crippen LogP contribution in [0.5, 0.6) is 0 Å². The Morgan fingerprint density at radius 1 is 1.57 bits per heavy atom. The molecular formula is C11H16N2O. The van der Waals surface area contributed by atoms with Crippen molar-refractivity contribution in [3.8, 4) is 0 Å². The first kappa shape index (κ1) is 9.31. The molecule has 1 N–H and O–H groups in total. The van der Waals surface area contributed by atoms with Gasteiger partial charge in [-0.3, -0.25) is 4.79 Å². The van der Waals surface area contributed by atoms with Crippen LogP contribution in [0.25, 0.3) is 0 Å². The Balaban J connectivity index is 1.98. The SMILES string of the molecule is Cc1ccc(C(=O)NCC2CC2)n1C. The van der Waals surface area contributed by atoms with Crippen molar-refractivity contribution in [2.45, 2.75) is 19.8 Å². The first-order chi connectivity index (χ1) is 6.68. The molecule has 1 aromatic rings. The maximum Gasteiger partial charge on any atom is 0.267 e. The van der Waals surface area contributed by atoms with Gasteiger partial charge >= 0.3 is 0 Å². The van der Waals surface area contributed by atoms with Crippen molar-refractivity contribution < 1.29 is 4.79 Å². The molecule has 0 bridgehead atoms. The molecule has 1 aliphatic rings. The van der Waals surface area contributed by atoms with Gasteiger partial charge in [0.05, 0.1) is 0 Å². The predicted molar refractivity (Wildman–Crippen MR) is 55.2 cm³/mol. The van der Waals surface area contributed by atoms with Crippen LogP contribution in [0.2, 0.25) is 0 Å². The number of carbonyl (C=O) groups excluding carboxylic acids is 1. The number of amides is 1. The summed E-state index contributed by atoms with van der Waals surface area (Å²) < 4.78 is 1.92. The van der Waals surface area contributed by atoms with Gasteiger partial charge in [0.1, 0.15) is 5.69 Å². The Labute approximate surface area is 84.1 Å². The second-order valence-corrected chi connectivity index (χ2v) is 4.07. The smallest absolute Gasteiger partial charge is 0.267 e. The third kappa shape index (κ3) is 1.81. The van der Waals surface area contributed by atoms with E-state index < -0.39 is 0 Å². The van der Waals surface area contributed by atoms with Crippen LogP contribution in [0, 0.1) is 12.8 Å². The molecule has 1 aromatic heterocycles. The lowest BCUT2D eigenvalue weighted by Gasteiger charge is -2.05. The maximum atomic E-state index is 11.7. The van der Waals surface area contributed by atoms with Gasteiger partial charge in [-0.1, -0.05) is 0 Å². The molecule has 0 saturated heterocycles. The van der Waals surface area contributed by atoms with E-state index in [2.05, 4.69) is 5.32 Å². The highest BCUT2D eigenvalue weighted by molar-refractivity contribution is 5.92. The minimum Gasteiger partial charge on any atom is -0.350 e. The Hall–Kier alpha value is -1.25. The summed E-state index contributed by atoms with van der Waals surface area (Å²) in [4.78, 5) is 11.7. The second-order valence-electron chi connectivity index (χ2n) is 4.07. The molecule has 0 aromatic carbocycles. The molecular weight excluding hydrogens is 176 g/mol. The number of carbonyl (C=O) groups is 1. The fourth-order valence-corrected chi connectivity index (χ4v) is 1.49. The van der Waals surface area contributed by atoms with Crippen molar-refractivity contribution in [3.63, 3.8) is 0 Å². The molecule has 1 aliphatic carbocycles. The van der Waals surface area contributed by atoms with Gasteiger partial charge in [-0.15, -0.1) is 0 Å². The van der Waals surface area contributed by atoms with Crippen LogP contribution in [-0.2, 0) is 7.05 Å². The molecule has 0 unspecified atom stereocenters. The molecule has 0 radical (unpaired) electrons. The van der Waals surface area contributed by atoms with Crippen molar-refractivity contribution in [3.05, 3.63) is 23.5 Å². The van der Waals surface area contributed by atoms with E-state index in [-0.39, 0.29) is 5.91 Å². The highest BCUT2D eigenvalue weighted by atomic mass is 16.1. The molecule has 0 spiro atoms. The van der Waals surface area contributed by atoms with E-state index in [1.807, 2.05) is 30.7 Å². The molecule has 14 heavy (non-hydrogen) atoms. The molecule has 2 rings (SSSR count). The van der Waals surface area contributed by atoms with E-state index in [0.717, 1.165) is 23.9 Å². The maximum absolute atomic E-state index is 11.7. The van der Waals surface area contributed by atoms with E-state index in [0.29, 0.717) is 0 Å². The third-order valence-electron chi connectivity index (χ3n) is 2.85. The Morgan fingerprint density at radius 2 is 2.29 bits per heavy atom. The topological polar surface area (TPSA) is 34.0 Å². The lowest BCUT2D eigenvalue weighted by Crippen LogP contribution is -2.27. The second kappa shape index (κ2) is 3.48. The summed E-state index contributed by atoms with van der Waals surface area (Å²) in [6.45, 7) is 2.83. The Morgan fingerprint density at radius 3 is 2.79 bits per heavy atom. The van der Waals surface area contributed by atoms with Gasteiger partial charge < -0.3 is 9.88 Å². The van der Waals surface area contributed by atoms with Crippen molar-refractivity contribution in [1.82, 2.24) is 9.88 Å². The summed E-state index contributed by atoms with van der Waals surface area (Å²) in [6.07, 6.45) is 2.54. The predicted octanol–water partition coefficient (Wildman–Crippen LogP) is 1.47. The van der Waals surface area contributed by atoms with Crippen LogP contribution in [0.1, 0.15) is 29.0 Å². The van der Waals surface area contributed by atoms with Gasteiger partial charge in [-0.05, 0) is 37.8 Å². The normalized spacial score (nSPS) is 15.6. The van der Waals surface area contributed by atoms with Gasteiger partial charge in [0, 0.05) is 19.3 Å². The van der Waals surface area contributed by atoms with Crippen LogP contribution in [0.15, 0.2) is 12.1 Å². The van der Waals surface area contributed by atoms with E-state index >= 15 is 0 Å². The van der Waals surface area contributed by atoms with Crippen LogP contribution < -0.4 is 5.32 Å². The molecule has 0 aliphatic heterocycles. The van der Waals surface area contributed by atoms with Crippen LogP contribution in [0.3, 0.4) is 0 Å². The lowest BCUT2D eigenvalue weighted by atomic mass is 10.3. The minimum atomic E-state index is 0.0486. The van der Waals surface area contributed by atoms with Crippen LogP contribution in [-0.4, -0.2) is 17.0 Å². The highest BCUT2D eigenvalue weighted by Crippen LogP contribution is 2.27. The van der Waals surface area contributed by atoms with Gasteiger partial charge in [0.15, 0.2) is 0 Å². The fourth-order valence-electron chi connectivity index (χ4n) is 1.49. The van der Waals surface area contributed by atoms with Crippen molar-refractivity contribution in [2.24, 2.45) is 13.0 Å². The average molecular weight is 192 g/mol. The first-order valence-corrected chi connectivity index (χ1v) is 5.09. The number of nitrogens with one attached hydrogen (secondary N) is 1. The number of aromatic nitrogens is 1. The van der Waals surface area contributed by atoms with E-state index in [9.17, 15) is 4.79 Å². The van der Waals surface area contributed by atoms with Gasteiger partial charge in [-0.25, -0.2) is 0 Å². The standard InChI is InChI=1S/C11H16N2O/c1-8-3-6-10(13(8)2)11(14)12-7-9-4-5-9/h3,6,9H,4-5,7H2,1-2H3,(H,12,14). The molecule has 0 atom stereocenters. The quantitative estimate of drug-likeness (QED) is 0.773. The number of hydrogen-bond acceptors (Lipinski definition) is 1. The monoisotopic (exact) mass is 192 g/mol. The molecule has 3 nitrogen and oxygen atoms in total. The van der Waals surface area contributed by atoms with Crippen molar-refractivity contribution in [1.29, 1.82) is 0 Å². The molecule has 76 valence electrons. The average Bonchev–Trinajstić information content (AvgIpc) is 2.92. The first-order valence-electron chi connectivity index (χ1n) is 5.09. The van der Waals surface area contributed by atoms with Gasteiger partial charge in [-0.2, -0.15) is 0 Å².